The Hall–Kier alpha value is -0.350. The summed E-state index contributed by atoms with van der Waals surface area (Å²) in [6, 6.07) is 1.80. The fourth-order valence-corrected chi connectivity index (χ4v) is 2.31. The van der Waals surface area contributed by atoms with Crippen molar-refractivity contribution in [3.63, 3.8) is 0 Å². The Balaban J connectivity index is 2.14. The summed E-state index contributed by atoms with van der Waals surface area (Å²) in [5, 5.41) is 10.3. The quantitative estimate of drug-likeness (QED) is 0.810. The van der Waals surface area contributed by atoms with Crippen LogP contribution in [0.3, 0.4) is 0 Å². The van der Waals surface area contributed by atoms with Crippen LogP contribution in [0.4, 0.5) is 0 Å². The van der Waals surface area contributed by atoms with E-state index in [0.29, 0.717) is 29.8 Å². The average Bonchev–Trinajstić information content (AvgIpc) is 2.07. The summed E-state index contributed by atoms with van der Waals surface area (Å²) >= 11 is 12.1. The van der Waals surface area contributed by atoms with Crippen molar-refractivity contribution in [2.24, 2.45) is 0 Å². The minimum Gasteiger partial charge on any atom is -0.390 e. The second kappa shape index (κ2) is 4.26. The number of hydrogen-bond acceptors (Lipinski definition) is 3. The van der Waals surface area contributed by atoms with E-state index < -0.39 is 0 Å². The fraction of sp³-hybridized carbons (Fsp3) is 0.500. The predicted molar refractivity (Wildman–Crippen MR) is 60.3 cm³/mol. The molecule has 0 saturated carbocycles. The lowest BCUT2D eigenvalue weighted by atomic mass is 10.1. The van der Waals surface area contributed by atoms with Crippen LogP contribution in [-0.2, 0) is 6.54 Å². The largest absolute Gasteiger partial charge is 0.390 e. The van der Waals surface area contributed by atoms with Gasteiger partial charge in [0.05, 0.1) is 6.10 Å². The lowest BCUT2D eigenvalue weighted by Gasteiger charge is -2.36. The first-order valence-corrected chi connectivity index (χ1v) is 5.54. The molecule has 2 rings (SSSR count). The van der Waals surface area contributed by atoms with Gasteiger partial charge in [-0.1, -0.05) is 23.2 Å². The van der Waals surface area contributed by atoms with Gasteiger partial charge in [0.1, 0.15) is 5.15 Å². The summed E-state index contributed by atoms with van der Waals surface area (Å²) in [6.45, 7) is 3.87. The molecular weight excluding hydrogens is 235 g/mol. The first kappa shape index (κ1) is 11.1. The highest BCUT2D eigenvalue weighted by molar-refractivity contribution is 6.35. The first-order valence-electron chi connectivity index (χ1n) is 4.78. The molecule has 0 aromatic carbocycles. The van der Waals surface area contributed by atoms with Gasteiger partial charge in [-0.25, -0.2) is 4.98 Å². The molecule has 0 aliphatic carbocycles. The van der Waals surface area contributed by atoms with E-state index in [4.69, 9.17) is 28.3 Å². The molecule has 0 spiro atoms. The van der Waals surface area contributed by atoms with E-state index in [1.807, 2.05) is 6.92 Å². The van der Waals surface area contributed by atoms with Crippen LogP contribution in [0.25, 0.3) is 0 Å². The highest BCUT2D eigenvalue weighted by atomic mass is 35.5. The highest BCUT2D eigenvalue weighted by Crippen LogP contribution is 2.26. The van der Waals surface area contributed by atoms with Crippen LogP contribution < -0.4 is 0 Å². The number of pyridine rings is 1. The van der Waals surface area contributed by atoms with Crippen molar-refractivity contribution in [1.82, 2.24) is 9.88 Å². The van der Waals surface area contributed by atoms with Gasteiger partial charge in [0, 0.05) is 35.9 Å². The van der Waals surface area contributed by atoms with Crippen molar-refractivity contribution in [2.75, 3.05) is 13.1 Å². The Morgan fingerprint density at radius 3 is 2.73 bits per heavy atom. The summed E-state index contributed by atoms with van der Waals surface area (Å²) in [5.41, 5.74) is 1.66. The molecule has 5 heteroatoms. The number of halogens is 2. The smallest absolute Gasteiger partial charge is 0.135 e. The van der Waals surface area contributed by atoms with E-state index in [2.05, 4.69) is 9.88 Å². The van der Waals surface area contributed by atoms with Gasteiger partial charge < -0.3 is 5.11 Å². The van der Waals surface area contributed by atoms with Crippen molar-refractivity contribution >= 4 is 23.2 Å². The van der Waals surface area contributed by atoms with E-state index in [1.165, 1.54) is 0 Å². The molecule has 82 valence electrons. The number of aromatic nitrogens is 1. The van der Waals surface area contributed by atoms with Gasteiger partial charge >= 0.3 is 0 Å². The van der Waals surface area contributed by atoms with Crippen molar-refractivity contribution in [2.45, 2.75) is 19.6 Å². The monoisotopic (exact) mass is 246 g/mol. The number of aliphatic hydroxyl groups is 1. The zero-order chi connectivity index (χ0) is 11.0. The number of rotatable bonds is 2. The van der Waals surface area contributed by atoms with E-state index in [1.54, 1.807) is 6.07 Å². The van der Waals surface area contributed by atoms with Gasteiger partial charge in [-0.15, -0.1) is 0 Å². The molecule has 1 N–H and O–H groups in total. The fourth-order valence-electron chi connectivity index (χ4n) is 1.66. The van der Waals surface area contributed by atoms with Gasteiger partial charge in [-0.05, 0) is 13.0 Å². The second-order valence-electron chi connectivity index (χ2n) is 3.86. The third kappa shape index (κ3) is 2.42. The molecule has 1 fully saturated rings. The molecule has 0 atom stereocenters. The maximum atomic E-state index is 9.16. The molecule has 0 amide bonds. The van der Waals surface area contributed by atoms with Crippen LogP contribution in [0.5, 0.6) is 0 Å². The number of aryl methyl sites for hydroxylation is 1. The molecule has 3 nitrogen and oxygen atoms in total. The average molecular weight is 247 g/mol. The van der Waals surface area contributed by atoms with Crippen LogP contribution in [0, 0.1) is 6.92 Å². The van der Waals surface area contributed by atoms with Crippen LogP contribution in [0.1, 0.15) is 11.3 Å². The molecule has 0 unspecified atom stereocenters. The molecular formula is C10H12Cl2N2O. The Bertz CT molecular complexity index is 355. The predicted octanol–water partition coefficient (Wildman–Crippen LogP) is 1.87. The van der Waals surface area contributed by atoms with Gasteiger partial charge in [0.15, 0.2) is 0 Å². The summed E-state index contributed by atoms with van der Waals surface area (Å²) < 4.78 is 0. The highest BCUT2D eigenvalue weighted by Gasteiger charge is 2.25. The number of aliphatic hydroxyl groups excluding tert-OH is 1. The SMILES string of the molecule is Cc1cc(Cl)c(CN2CC(O)C2)c(Cl)n1. The number of nitrogens with zero attached hydrogens (tertiary/aromatic N) is 2. The van der Waals surface area contributed by atoms with Crippen molar-refractivity contribution < 1.29 is 5.11 Å². The van der Waals surface area contributed by atoms with E-state index in [0.717, 1.165) is 11.3 Å². The lowest BCUT2D eigenvalue weighted by molar-refractivity contribution is -0.00289. The molecule has 1 aromatic heterocycles. The Labute approximate surface area is 98.6 Å². The summed E-state index contributed by atoms with van der Waals surface area (Å²) in [5.74, 6) is 0. The zero-order valence-electron chi connectivity index (χ0n) is 8.37. The lowest BCUT2D eigenvalue weighted by Crippen LogP contribution is -2.49. The minimum atomic E-state index is -0.207. The van der Waals surface area contributed by atoms with E-state index in [9.17, 15) is 0 Å². The third-order valence-electron chi connectivity index (χ3n) is 2.47. The molecule has 0 radical (unpaired) electrons. The normalized spacial score (nSPS) is 17.9. The molecule has 15 heavy (non-hydrogen) atoms. The van der Waals surface area contributed by atoms with Crippen LogP contribution in [-0.4, -0.2) is 34.2 Å². The summed E-state index contributed by atoms with van der Waals surface area (Å²) in [4.78, 5) is 6.23. The second-order valence-corrected chi connectivity index (χ2v) is 4.63. The number of likely N-dealkylation sites (tertiary alicyclic amines) is 1. The Morgan fingerprint density at radius 1 is 1.53 bits per heavy atom. The van der Waals surface area contributed by atoms with Crippen molar-refractivity contribution in [1.29, 1.82) is 0 Å². The summed E-state index contributed by atoms with van der Waals surface area (Å²) in [6.07, 6.45) is -0.207. The van der Waals surface area contributed by atoms with Gasteiger partial charge in [-0.2, -0.15) is 0 Å². The molecule has 1 aliphatic rings. The molecule has 1 aromatic rings. The maximum absolute atomic E-state index is 9.16. The minimum absolute atomic E-state index is 0.207. The van der Waals surface area contributed by atoms with Gasteiger partial charge in [-0.3, -0.25) is 4.90 Å². The van der Waals surface area contributed by atoms with Crippen LogP contribution >= 0.6 is 23.2 Å². The zero-order valence-corrected chi connectivity index (χ0v) is 9.89. The third-order valence-corrected chi connectivity index (χ3v) is 3.12. The van der Waals surface area contributed by atoms with Crippen LogP contribution in [0.2, 0.25) is 10.2 Å². The van der Waals surface area contributed by atoms with Crippen LogP contribution in [0.15, 0.2) is 6.07 Å². The van der Waals surface area contributed by atoms with Gasteiger partial charge in [0.25, 0.3) is 0 Å². The molecule has 0 bridgehead atoms. The van der Waals surface area contributed by atoms with Crippen molar-refractivity contribution in [3.05, 3.63) is 27.5 Å². The summed E-state index contributed by atoms with van der Waals surface area (Å²) in [7, 11) is 0. The molecule has 1 aliphatic heterocycles. The molecule has 2 heterocycles. The topological polar surface area (TPSA) is 36.4 Å². The number of hydrogen-bond donors (Lipinski definition) is 1. The maximum Gasteiger partial charge on any atom is 0.135 e. The first-order chi connectivity index (χ1) is 7.06. The molecule has 1 saturated heterocycles. The van der Waals surface area contributed by atoms with E-state index in [-0.39, 0.29) is 6.10 Å². The number of β-amino-alcohol motifs (C(OH)–C–C–N with tert-alkyl or cyclic N) is 1. The Morgan fingerprint density at radius 2 is 2.20 bits per heavy atom. The standard InChI is InChI=1S/C10H12Cl2N2O/c1-6-2-9(11)8(10(12)13-6)5-14-3-7(15)4-14/h2,7,15H,3-5H2,1H3. The van der Waals surface area contributed by atoms with Gasteiger partial charge in [0.2, 0.25) is 0 Å². The Kier molecular flexibility index (Phi) is 3.16. The van der Waals surface area contributed by atoms with E-state index >= 15 is 0 Å². The van der Waals surface area contributed by atoms with Crippen molar-refractivity contribution in [3.8, 4) is 0 Å².